The van der Waals surface area contributed by atoms with Gasteiger partial charge in [0.2, 0.25) is 0 Å². The predicted octanol–water partition coefficient (Wildman–Crippen LogP) is 2.22. The van der Waals surface area contributed by atoms with E-state index in [4.69, 9.17) is 14.7 Å². The quantitative estimate of drug-likeness (QED) is 0.756. The lowest BCUT2D eigenvalue weighted by molar-refractivity contribution is 0.102. The Balaban J connectivity index is 2.25. The first-order valence-corrected chi connectivity index (χ1v) is 5.12. The fourth-order valence-corrected chi connectivity index (χ4v) is 1.74. The number of nitrogens with zero attached hydrogens (tertiary/aromatic N) is 1. The van der Waals surface area contributed by atoms with E-state index >= 15 is 0 Å². The van der Waals surface area contributed by atoms with Gasteiger partial charge in [0.05, 0.1) is 12.7 Å². The lowest BCUT2D eigenvalue weighted by Crippen LogP contribution is -2.01. The molecule has 0 saturated carbocycles. The summed E-state index contributed by atoms with van der Waals surface area (Å²) in [6.07, 6.45) is 0.467. The van der Waals surface area contributed by atoms with E-state index in [0.29, 0.717) is 6.61 Å². The third-order valence-corrected chi connectivity index (χ3v) is 2.47. The maximum atomic E-state index is 8.95. The minimum atomic E-state index is -0.458. The molecule has 0 radical (unpaired) electrons. The molecule has 1 aliphatic rings. The van der Waals surface area contributed by atoms with Crippen molar-refractivity contribution >= 4 is 0 Å². The van der Waals surface area contributed by atoms with Gasteiger partial charge in [-0.05, 0) is 30.2 Å². The Hall–Kier alpha value is -1.53. The summed E-state index contributed by atoms with van der Waals surface area (Å²) in [5, 5.41) is 8.95. The molecule has 0 saturated heterocycles. The van der Waals surface area contributed by atoms with Crippen molar-refractivity contribution in [1.29, 1.82) is 5.26 Å². The van der Waals surface area contributed by atoms with E-state index in [1.165, 1.54) is 5.56 Å². The van der Waals surface area contributed by atoms with E-state index in [9.17, 15) is 0 Å². The van der Waals surface area contributed by atoms with Crippen LogP contribution in [0.25, 0.3) is 0 Å². The van der Waals surface area contributed by atoms with Crippen molar-refractivity contribution in [3.63, 3.8) is 0 Å². The molecule has 2 rings (SSSR count). The topological polar surface area (TPSA) is 42.2 Å². The third-order valence-electron chi connectivity index (χ3n) is 2.47. The van der Waals surface area contributed by atoms with E-state index in [1.807, 2.05) is 25.1 Å². The summed E-state index contributed by atoms with van der Waals surface area (Å²) in [6, 6.07) is 7.97. The molecule has 1 heterocycles. The third kappa shape index (κ3) is 1.95. The van der Waals surface area contributed by atoms with Crippen LogP contribution in [0, 0.1) is 11.3 Å². The number of hydrogen-bond donors (Lipinski definition) is 0. The van der Waals surface area contributed by atoms with Crippen molar-refractivity contribution < 1.29 is 9.47 Å². The molecular formula is C12H13NO2. The average Bonchev–Trinajstić information content (AvgIpc) is 2.72. The molecule has 3 heteroatoms. The van der Waals surface area contributed by atoms with Crippen LogP contribution in [0.15, 0.2) is 18.2 Å². The molecule has 3 nitrogen and oxygen atoms in total. The molecule has 1 aromatic rings. The summed E-state index contributed by atoms with van der Waals surface area (Å²) < 4.78 is 10.7. The molecule has 0 spiro atoms. The van der Waals surface area contributed by atoms with Crippen molar-refractivity contribution in [3.05, 3.63) is 29.3 Å². The van der Waals surface area contributed by atoms with E-state index in [1.54, 1.807) is 0 Å². The molecule has 1 unspecified atom stereocenters. The van der Waals surface area contributed by atoms with E-state index in [0.717, 1.165) is 24.3 Å². The molecule has 15 heavy (non-hydrogen) atoms. The maximum absolute atomic E-state index is 8.95. The number of rotatable bonds is 3. The van der Waals surface area contributed by atoms with Crippen LogP contribution >= 0.6 is 0 Å². The van der Waals surface area contributed by atoms with Gasteiger partial charge in [0.25, 0.3) is 0 Å². The first-order chi connectivity index (χ1) is 7.35. The predicted molar refractivity (Wildman–Crippen MR) is 55.6 cm³/mol. The van der Waals surface area contributed by atoms with Crippen LogP contribution in [0.1, 0.15) is 24.2 Å². The fraction of sp³-hybridized carbons (Fsp3) is 0.417. The standard InChI is InChI=1S/C12H13NO2/c1-2-14-12(8-13)9-3-4-11-10(7-9)5-6-15-11/h3-4,7,12H,2,5-6H2,1H3. The zero-order valence-electron chi connectivity index (χ0n) is 8.69. The Kier molecular flexibility index (Phi) is 2.89. The van der Waals surface area contributed by atoms with Gasteiger partial charge in [0, 0.05) is 13.0 Å². The van der Waals surface area contributed by atoms with Gasteiger partial charge in [-0.15, -0.1) is 0 Å². The van der Waals surface area contributed by atoms with Crippen LogP contribution in [0.5, 0.6) is 5.75 Å². The van der Waals surface area contributed by atoms with Gasteiger partial charge in [-0.3, -0.25) is 0 Å². The molecule has 78 valence electrons. The largest absolute Gasteiger partial charge is 0.493 e. The number of fused-ring (bicyclic) bond motifs is 1. The number of nitriles is 1. The molecule has 1 atom stereocenters. The molecule has 0 amide bonds. The van der Waals surface area contributed by atoms with E-state index in [-0.39, 0.29) is 0 Å². The summed E-state index contributed by atoms with van der Waals surface area (Å²) >= 11 is 0. The first kappa shape index (κ1) is 10.0. The normalized spacial score (nSPS) is 15.2. The minimum Gasteiger partial charge on any atom is -0.493 e. The monoisotopic (exact) mass is 203 g/mol. The smallest absolute Gasteiger partial charge is 0.169 e. The second-order valence-corrected chi connectivity index (χ2v) is 3.43. The summed E-state index contributed by atoms with van der Waals surface area (Å²) in [5.41, 5.74) is 2.09. The Labute approximate surface area is 89.2 Å². The molecule has 0 fully saturated rings. The average molecular weight is 203 g/mol. The molecule has 0 N–H and O–H groups in total. The molecule has 0 bridgehead atoms. The first-order valence-electron chi connectivity index (χ1n) is 5.12. The Bertz CT molecular complexity index is 395. The van der Waals surface area contributed by atoms with Crippen LogP contribution in [0.2, 0.25) is 0 Å². The summed E-state index contributed by atoms with van der Waals surface area (Å²) in [7, 11) is 0. The van der Waals surface area contributed by atoms with Crippen molar-refractivity contribution in [1.82, 2.24) is 0 Å². The number of hydrogen-bond acceptors (Lipinski definition) is 3. The van der Waals surface area contributed by atoms with Gasteiger partial charge < -0.3 is 9.47 Å². The molecular weight excluding hydrogens is 190 g/mol. The number of benzene rings is 1. The fourth-order valence-electron chi connectivity index (χ4n) is 1.74. The lowest BCUT2D eigenvalue weighted by atomic mass is 10.1. The minimum absolute atomic E-state index is 0.458. The van der Waals surface area contributed by atoms with Crippen molar-refractivity contribution in [2.45, 2.75) is 19.4 Å². The highest BCUT2D eigenvalue weighted by Crippen LogP contribution is 2.28. The van der Waals surface area contributed by atoms with Crippen LogP contribution in [-0.2, 0) is 11.2 Å². The zero-order valence-corrected chi connectivity index (χ0v) is 8.69. The van der Waals surface area contributed by atoms with Gasteiger partial charge in [-0.25, -0.2) is 0 Å². The highest BCUT2D eigenvalue weighted by molar-refractivity contribution is 5.41. The van der Waals surface area contributed by atoms with Gasteiger partial charge in [0.15, 0.2) is 6.10 Å². The molecule has 0 aliphatic carbocycles. The summed E-state index contributed by atoms with van der Waals surface area (Å²) in [4.78, 5) is 0. The van der Waals surface area contributed by atoms with Gasteiger partial charge in [-0.2, -0.15) is 5.26 Å². The Morgan fingerprint density at radius 3 is 3.20 bits per heavy atom. The van der Waals surface area contributed by atoms with Gasteiger partial charge in [0.1, 0.15) is 5.75 Å². The van der Waals surface area contributed by atoms with E-state index in [2.05, 4.69) is 6.07 Å². The maximum Gasteiger partial charge on any atom is 0.169 e. The molecule has 1 aromatic carbocycles. The van der Waals surface area contributed by atoms with Crippen LogP contribution in [0.3, 0.4) is 0 Å². The van der Waals surface area contributed by atoms with Gasteiger partial charge in [-0.1, -0.05) is 6.07 Å². The number of ether oxygens (including phenoxy) is 2. The summed E-state index contributed by atoms with van der Waals surface area (Å²) in [6.45, 7) is 3.18. The Morgan fingerprint density at radius 2 is 2.47 bits per heavy atom. The highest BCUT2D eigenvalue weighted by atomic mass is 16.5. The van der Waals surface area contributed by atoms with Crippen LogP contribution in [-0.4, -0.2) is 13.2 Å². The lowest BCUT2D eigenvalue weighted by Gasteiger charge is -2.10. The second kappa shape index (κ2) is 4.33. The van der Waals surface area contributed by atoms with E-state index < -0.39 is 6.10 Å². The zero-order chi connectivity index (χ0) is 10.7. The second-order valence-electron chi connectivity index (χ2n) is 3.43. The van der Waals surface area contributed by atoms with Crippen molar-refractivity contribution in [2.24, 2.45) is 0 Å². The summed E-state index contributed by atoms with van der Waals surface area (Å²) in [5.74, 6) is 0.937. The molecule has 1 aliphatic heterocycles. The Morgan fingerprint density at radius 1 is 1.60 bits per heavy atom. The van der Waals surface area contributed by atoms with Crippen LogP contribution < -0.4 is 4.74 Å². The van der Waals surface area contributed by atoms with Crippen molar-refractivity contribution in [3.8, 4) is 11.8 Å². The highest BCUT2D eigenvalue weighted by Gasteiger charge is 2.16. The van der Waals surface area contributed by atoms with Gasteiger partial charge >= 0.3 is 0 Å². The van der Waals surface area contributed by atoms with Crippen LogP contribution in [0.4, 0.5) is 0 Å². The van der Waals surface area contributed by atoms with Crippen molar-refractivity contribution in [2.75, 3.05) is 13.2 Å². The molecule has 0 aromatic heterocycles. The SMILES string of the molecule is CCOC(C#N)c1ccc2c(c1)CCO2.